The molecule has 5 nitrogen and oxygen atoms in total. The topological polar surface area (TPSA) is 64.6 Å². The number of hydrogen-bond donors (Lipinski definition) is 1. The van der Waals surface area contributed by atoms with Crippen molar-refractivity contribution in [2.45, 2.75) is 52.6 Å². The predicted molar refractivity (Wildman–Crippen MR) is 139 cm³/mol. The number of nitrogens with one attached hydrogen (secondary N) is 1. The summed E-state index contributed by atoms with van der Waals surface area (Å²) >= 11 is 0. The molecule has 3 aromatic carbocycles. The van der Waals surface area contributed by atoms with Crippen molar-refractivity contribution in [1.29, 1.82) is 0 Å². The van der Waals surface area contributed by atoms with Crippen molar-refractivity contribution in [3.05, 3.63) is 93.8 Å². The highest BCUT2D eigenvalue weighted by Crippen LogP contribution is 2.30. The molecule has 0 aliphatic heterocycles. The normalized spacial score (nSPS) is 11.3. The van der Waals surface area contributed by atoms with Gasteiger partial charge in [-0.05, 0) is 97.8 Å². The second-order valence-electron chi connectivity index (χ2n) is 9.02. The summed E-state index contributed by atoms with van der Waals surface area (Å²) < 4.78 is 63.8. The number of hydrogen-bond acceptors (Lipinski definition) is 4. The van der Waals surface area contributed by atoms with Crippen LogP contribution in [0.2, 0.25) is 0 Å². The van der Waals surface area contributed by atoms with Gasteiger partial charge in [0.15, 0.2) is 0 Å². The minimum Gasteiger partial charge on any atom is -0.466 e. The fourth-order valence-electron chi connectivity index (χ4n) is 4.18. The van der Waals surface area contributed by atoms with Gasteiger partial charge in [0.1, 0.15) is 17.3 Å². The largest absolute Gasteiger partial charge is 0.466 e. The summed E-state index contributed by atoms with van der Waals surface area (Å²) in [6.07, 6.45) is -2.65. The molecule has 0 heterocycles. The van der Waals surface area contributed by atoms with Crippen molar-refractivity contribution in [3.8, 4) is 11.5 Å². The summed E-state index contributed by atoms with van der Waals surface area (Å²) in [5.41, 5.74) is 2.13. The molecule has 0 unspecified atom stereocenters. The van der Waals surface area contributed by atoms with Crippen LogP contribution in [-0.4, -0.2) is 25.0 Å². The molecule has 0 atom stereocenters. The highest BCUT2D eigenvalue weighted by Gasteiger charge is 2.31. The van der Waals surface area contributed by atoms with Crippen LogP contribution in [0, 0.1) is 12.7 Å². The van der Waals surface area contributed by atoms with Crippen molar-refractivity contribution >= 4 is 11.9 Å². The number of ether oxygens (including phenoxy) is 2. The molecule has 0 bridgehead atoms. The van der Waals surface area contributed by atoms with E-state index in [1.807, 2.05) is 19.1 Å². The molecule has 0 saturated heterocycles. The number of carbonyl (C=O) groups is 2. The molecule has 0 radical (unpaired) electrons. The molecule has 208 valence electrons. The fourth-order valence-corrected chi connectivity index (χ4v) is 4.18. The van der Waals surface area contributed by atoms with E-state index in [1.54, 1.807) is 19.1 Å². The third-order valence-electron chi connectivity index (χ3n) is 6.13. The van der Waals surface area contributed by atoms with Gasteiger partial charge in [-0.3, -0.25) is 9.59 Å². The van der Waals surface area contributed by atoms with Gasteiger partial charge in [-0.15, -0.1) is 0 Å². The van der Waals surface area contributed by atoms with E-state index >= 15 is 0 Å². The van der Waals surface area contributed by atoms with E-state index in [9.17, 15) is 27.2 Å². The summed E-state index contributed by atoms with van der Waals surface area (Å²) in [5, 5.41) is 2.67. The van der Waals surface area contributed by atoms with Crippen LogP contribution in [-0.2, 0) is 35.0 Å². The van der Waals surface area contributed by atoms with Gasteiger partial charge in [-0.2, -0.15) is 13.2 Å². The summed E-state index contributed by atoms with van der Waals surface area (Å²) in [6.45, 7) is 5.69. The number of halogens is 4. The lowest BCUT2D eigenvalue weighted by Gasteiger charge is -2.13. The quantitative estimate of drug-likeness (QED) is 0.209. The lowest BCUT2D eigenvalue weighted by molar-refractivity contribution is -0.143. The average Bonchev–Trinajstić information content (AvgIpc) is 2.87. The predicted octanol–water partition coefficient (Wildman–Crippen LogP) is 6.98. The molecule has 0 saturated carbocycles. The third-order valence-corrected chi connectivity index (χ3v) is 6.13. The number of aryl methyl sites for hydroxylation is 3. The third kappa shape index (κ3) is 8.56. The Bertz CT molecular complexity index is 1320. The molecule has 1 amide bonds. The molecule has 1 N–H and O–H groups in total. The summed E-state index contributed by atoms with van der Waals surface area (Å²) in [4.78, 5) is 24.2. The minimum absolute atomic E-state index is 0.142. The van der Waals surface area contributed by atoms with Crippen LogP contribution in [0.25, 0.3) is 0 Å². The van der Waals surface area contributed by atoms with Crippen molar-refractivity contribution < 1.29 is 36.6 Å². The maximum absolute atomic E-state index is 14.3. The maximum Gasteiger partial charge on any atom is 0.416 e. The van der Waals surface area contributed by atoms with Gasteiger partial charge in [0, 0.05) is 24.6 Å². The van der Waals surface area contributed by atoms with Crippen molar-refractivity contribution in [1.82, 2.24) is 5.32 Å². The lowest BCUT2D eigenvalue weighted by atomic mass is 10.0. The Morgan fingerprint density at radius 3 is 2.33 bits per heavy atom. The molecule has 0 aliphatic rings. The van der Waals surface area contributed by atoms with E-state index in [0.29, 0.717) is 24.3 Å². The van der Waals surface area contributed by atoms with Crippen LogP contribution in [0.4, 0.5) is 17.6 Å². The highest BCUT2D eigenvalue weighted by atomic mass is 19.4. The van der Waals surface area contributed by atoms with E-state index < -0.39 is 23.5 Å². The minimum atomic E-state index is -4.48. The van der Waals surface area contributed by atoms with Crippen LogP contribution in [0.5, 0.6) is 11.5 Å². The number of amides is 1. The Balaban J connectivity index is 1.62. The van der Waals surface area contributed by atoms with Crippen molar-refractivity contribution in [2.24, 2.45) is 0 Å². The second kappa shape index (κ2) is 13.3. The molecular formula is C30H31F4NO4. The van der Waals surface area contributed by atoms with E-state index in [0.717, 1.165) is 35.7 Å². The molecular weight excluding hydrogens is 514 g/mol. The van der Waals surface area contributed by atoms with Gasteiger partial charge in [-0.25, -0.2) is 4.39 Å². The molecule has 0 fully saturated rings. The number of rotatable bonds is 11. The zero-order chi connectivity index (χ0) is 28.6. The summed E-state index contributed by atoms with van der Waals surface area (Å²) in [5.74, 6) is -0.457. The lowest BCUT2D eigenvalue weighted by Crippen LogP contribution is -2.26. The van der Waals surface area contributed by atoms with Crippen molar-refractivity contribution in [2.75, 3.05) is 13.2 Å². The molecule has 0 aromatic heterocycles. The Kier molecular flexibility index (Phi) is 10.1. The van der Waals surface area contributed by atoms with E-state index in [-0.39, 0.29) is 42.2 Å². The molecule has 9 heteroatoms. The van der Waals surface area contributed by atoms with E-state index in [1.165, 1.54) is 19.1 Å². The zero-order valence-corrected chi connectivity index (χ0v) is 22.1. The number of esters is 1. The first-order valence-electron chi connectivity index (χ1n) is 12.7. The van der Waals surface area contributed by atoms with E-state index in [4.69, 9.17) is 9.47 Å². The molecule has 39 heavy (non-hydrogen) atoms. The monoisotopic (exact) mass is 545 g/mol. The zero-order valence-electron chi connectivity index (χ0n) is 22.1. The number of benzene rings is 3. The Labute approximate surface area is 225 Å². The average molecular weight is 546 g/mol. The Morgan fingerprint density at radius 2 is 1.67 bits per heavy atom. The van der Waals surface area contributed by atoms with Crippen LogP contribution in [0.3, 0.4) is 0 Å². The summed E-state index contributed by atoms with van der Waals surface area (Å²) in [6, 6.07) is 12.7. The van der Waals surface area contributed by atoms with Crippen LogP contribution in [0.15, 0.2) is 54.6 Å². The smallest absolute Gasteiger partial charge is 0.416 e. The second-order valence-corrected chi connectivity index (χ2v) is 9.02. The van der Waals surface area contributed by atoms with Gasteiger partial charge < -0.3 is 14.8 Å². The van der Waals surface area contributed by atoms with Crippen molar-refractivity contribution in [3.63, 3.8) is 0 Å². The molecule has 0 aliphatic carbocycles. The van der Waals surface area contributed by atoms with Gasteiger partial charge >= 0.3 is 12.1 Å². The first-order valence-corrected chi connectivity index (χ1v) is 12.7. The van der Waals surface area contributed by atoms with Crippen LogP contribution < -0.4 is 10.1 Å². The van der Waals surface area contributed by atoms with Crippen LogP contribution >= 0.6 is 0 Å². The first kappa shape index (κ1) is 29.7. The Hall–Kier alpha value is -3.88. The first-order chi connectivity index (χ1) is 18.5. The molecule has 3 aromatic rings. The number of carbonyl (C=O) groups excluding carboxylic acids is 2. The van der Waals surface area contributed by atoms with Gasteiger partial charge in [0.2, 0.25) is 0 Å². The van der Waals surface area contributed by atoms with Gasteiger partial charge in [0.25, 0.3) is 5.91 Å². The standard InChI is InChI=1S/C30H31F4NO4/c1-4-21-17-25(9-6-22(21)7-11-28(36)38-5-2)39-26-16-20(15-24(31)18-26)12-13-35-29(37)27-10-8-23(14-19(27)3)30(32,33)34/h6,8-10,14-18H,4-5,7,11-13H2,1-3H3,(H,35,37). The molecule has 0 spiro atoms. The van der Waals surface area contributed by atoms with Gasteiger partial charge in [-0.1, -0.05) is 13.0 Å². The van der Waals surface area contributed by atoms with Crippen LogP contribution in [0.1, 0.15) is 58.4 Å². The van der Waals surface area contributed by atoms with Gasteiger partial charge in [0.05, 0.1) is 12.2 Å². The Morgan fingerprint density at radius 1 is 0.897 bits per heavy atom. The summed E-state index contributed by atoms with van der Waals surface area (Å²) in [7, 11) is 0. The molecule has 3 rings (SSSR count). The SMILES string of the molecule is CCOC(=O)CCc1ccc(Oc2cc(F)cc(CCNC(=O)c3ccc(C(F)(F)F)cc3C)c2)cc1CC. The van der Waals surface area contributed by atoms with E-state index in [2.05, 4.69) is 5.32 Å². The number of alkyl halides is 3. The maximum atomic E-state index is 14.3. The fraction of sp³-hybridized carbons (Fsp3) is 0.333. The highest BCUT2D eigenvalue weighted by molar-refractivity contribution is 5.95.